The number of benzene rings is 1. The lowest BCUT2D eigenvalue weighted by Crippen LogP contribution is -2.44. The minimum Gasteiger partial charge on any atom is -0.357 e. The SMILES string of the molecule is C#Cc1cccc(NC(=O)CN=C(NCC)NC2CCCCC2)c1.I. The first-order chi connectivity index (χ1) is 11.7. The topological polar surface area (TPSA) is 65.5 Å². The first kappa shape index (κ1) is 21.3. The van der Waals surface area contributed by atoms with Crippen LogP contribution < -0.4 is 16.0 Å². The Kier molecular flexibility index (Phi) is 10.0. The summed E-state index contributed by atoms with van der Waals surface area (Å²) in [6.45, 7) is 2.86. The van der Waals surface area contributed by atoms with Crippen LogP contribution in [0.1, 0.15) is 44.6 Å². The number of nitrogens with zero attached hydrogens (tertiary/aromatic N) is 1. The molecule has 0 bridgehead atoms. The summed E-state index contributed by atoms with van der Waals surface area (Å²) < 4.78 is 0. The van der Waals surface area contributed by atoms with E-state index in [0.717, 1.165) is 24.9 Å². The van der Waals surface area contributed by atoms with E-state index < -0.39 is 0 Å². The maximum absolute atomic E-state index is 12.1. The van der Waals surface area contributed by atoms with Crippen LogP contribution in [-0.4, -0.2) is 31.0 Å². The highest BCUT2D eigenvalue weighted by molar-refractivity contribution is 14.0. The molecule has 1 fully saturated rings. The fraction of sp³-hybridized carbons (Fsp3) is 0.474. The summed E-state index contributed by atoms with van der Waals surface area (Å²) in [7, 11) is 0. The molecule has 0 atom stereocenters. The molecule has 1 aliphatic carbocycles. The number of hydrogen-bond acceptors (Lipinski definition) is 2. The number of terminal acetylenes is 1. The molecule has 1 saturated carbocycles. The van der Waals surface area contributed by atoms with Gasteiger partial charge in [0.15, 0.2) is 5.96 Å². The number of carbonyl (C=O) groups excluding carboxylic acids is 1. The Morgan fingerprint density at radius 2 is 2.08 bits per heavy atom. The highest BCUT2D eigenvalue weighted by Crippen LogP contribution is 2.17. The van der Waals surface area contributed by atoms with Crippen molar-refractivity contribution in [2.45, 2.75) is 45.1 Å². The summed E-state index contributed by atoms with van der Waals surface area (Å²) in [5.41, 5.74) is 1.43. The van der Waals surface area contributed by atoms with Gasteiger partial charge in [-0.25, -0.2) is 4.99 Å². The number of rotatable bonds is 5. The van der Waals surface area contributed by atoms with Gasteiger partial charge in [0.2, 0.25) is 5.91 Å². The summed E-state index contributed by atoms with van der Waals surface area (Å²) in [5, 5.41) is 9.45. The molecule has 1 aromatic carbocycles. The maximum Gasteiger partial charge on any atom is 0.246 e. The molecular formula is C19H27IN4O. The van der Waals surface area contributed by atoms with E-state index in [-0.39, 0.29) is 36.4 Å². The number of anilines is 1. The van der Waals surface area contributed by atoms with E-state index in [1.807, 2.05) is 25.1 Å². The van der Waals surface area contributed by atoms with E-state index in [1.165, 1.54) is 19.3 Å². The summed E-state index contributed by atoms with van der Waals surface area (Å²) in [5.74, 6) is 3.10. The highest BCUT2D eigenvalue weighted by atomic mass is 127. The number of aliphatic imine (C=N–C) groups is 1. The molecule has 0 unspecified atom stereocenters. The van der Waals surface area contributed by atoms with Crippen LogP contribution in [0, 0.1) is 12.3 Å². The number of halogens is 1. The first-order valence-electron chi connectivity index (χ1n) is 8.62. The molecule has 2 rings (SSSR count). The second-order valence-corrected chi connectivity index (χ2v) is 5.95. The molecule has 0 aliphatic heterocycles. The maximum atomic E-state index is 12.1. The summed E-state index contributed by atoms with van der Waals surface area (Å²) >= 11 is 0. The number of carbonyl (C=O) groups is 1. The fourth-order valence-electron chi connectivity index (χ4n) is 2.80. The zero-order valence-corrected chi connectivity index (χ0v) is 17.0. The Balaban J connectivity index is 0.00000312. The summed E-state index contributed by atoms with van der Waals surface area (Å²) in [6.07, 6.45) is 11.5. The molecule has 0 spiro atoms. The van der Waals surface area contributed by atoms with Crippen molar-refractivity contribution in [2.24, 2.45) is 4.99 Å². The Bertz CT molecular complexity index is 618. The van der Waals surface area contributed by atoms with Crippen molar-refractivity contribution in [1.29, 1.82) is 0 Å². The third kappa shape index (κ3) is 7.78. The van der Waals surface area contributed by atoms with Gasteiger partial charge >= 0.3 is 0 Å². The number of amides is 1. The second kappa shape index (κ2) is 11.7. The van der Waals surface area contributed by atoms with Crippen LogP contribution in [0.15, 0.2) is 29.3 Å². The van der Waals surface area contributed by atoms with Gasteiger partial charge in [0.25, 0.3) is 0 Å². The van der Waals surface area contributed by atoms with Crippen molar-refractivity contribution in [1.82, 2.24) is 10.6 Å². The third-order valence-corrected chi connectivity index (χ3v) is 3.98. The molecule has 136 valence electrons. The zero-order valence-electron chi connectivity index (χ0n) is 14.7. The van der Waals surface area contributed by atoms with Crippen LogP contribution in [-0.2, 0) is 4.79 Å². The van der Waals surface area contributed by atoms with Crippen LogP contribution in [0.25, 0.3) is 0 Å². The van der Waals surface area contributed by atoms with Crippen LogP contribution in [0.3, 0.4) is 0 Å². The highest BCUT2D eigenvalue weighted by Gasteiger charge is 2.14. The molecular weight excluding hydrogens is 427 g/mol. The average Bonchev–Trinajstić information content (AvgIpc) is 2.61. The van der Waals surface area contributed by atoms with Crippen molar-refractivity contribution in [3.05, 3.63) is 29.8 Å². The van der Waals surface area contributed by atoms with E-state index in [0.29, 0.717) is 17.7 Å². The third-order valence-electron chi connectivity index (χ3n) is 3.98. The van der Waals surface area contributed by atoms with E-state index >= 15 is 0 Å². The molecule has 0 radical (unpaired) electrons. The van der Waals surface area contributed by atoms with Crippen molar-refractivity contribution >= 4 is 41.5 Å². The minimum absolute atomic E-state index is 0. The van der Waals surface area contributed by atoms with E-state index in [4.69, 9.17) is 6.42 Å². The molecule has 6 heteroatoms. The molecule has 0 heterocycles. The Morgan fingerprint density at radius 3 is 2.76 bits per heavy atom. The minimum atomic E-state index is -0.162. The van der Waals surface area contributed by atoms with Gasteiger partial charge in [-0.2, -0.15) is 0 Å². The fourth-order valence-corrected chi connectivity index (χ4v) is 2.80. The van der Waals surface area contributed by atoms with Gasteiger partial charge in [0.1, 0.15) is 6.54 Å². The molecule has 0 aromatic heterocycles. The molecule has 5 nitrogen and oxygen atoms in total. The molecule has 1 amide bonds. The van der Waals surface area contributed by atoms with Gasteiger partial charge in [-0.3, -0.25) is 4.79 Å². The number of hydrogen-bond donors (Lipinski definition) is 3. The second-order valence-electron chi connectivity index (χ2n) is 5.95. The van der Waals surface area contributed by atoms with Gasteiger partial charge in [-0.15, -0.1) is 30.4 Å². The van der Waals surface area contributed by atoms with Crippen LogP contribution in [0.2, 0.25) is 0 Å². The largest absolute Gasteiger partial charge is 0.357 e. The number of guanidine groups is 1. The van der Waals surface area contributed by atoms with Gasteiger partial charge in [0.05, 0.1) is 0 Å². The van der Waals surface area contributed by atoms with Crippen LogP contribution >= 0.6 is 24.0 Å². The van der Waals surface area contributed by atoms with Crippen LogP contribution in [0.4, 0.5) is 5.69 Å². The lowest BCUT2D eigenvalue weighted by molar-refractivity contribution is -0.114. The van der Waals surface area contributed by atoms with E-state index in [1.54, 1.807) is 6.07 Å². The number of nitrogens with one attached hydrogen (secondary N) is 3. The molecule has 0 saturated heterocycles. The van der Waals surface area contributed by atoms with Gasteiger partial charge < -0.3 is 16.0 Å². The average molecular weight is 454 g/mol. The standard InChI is InChI=1S/C19H26N4O.HI/c1-3-15-9-8-12-17(13-15)22-18(24)14-21-19(20-4-2)23-16-10-6-5-7-11-16;/h1,8-9,12-13,16H,4-7,10-11,14H2,2H3,(H,22,24)(H2,20,21,23);1H. The van der Waals surface area contributed by atoms with Gasteiger partial charge in [-0.1, -0.05) is 31.2 Å². The van der Waals surface area contributed by atoms with Crippen LogP contribution in [0.5, 0.6) is 0 Å². The molecule has 25 heavy (non-hydrogen) atoms. The van der Waals surface area contributed by atoms with Gasteiger partial charge in [-0.05, 0) is 38.0 Å². The van der Waals surface area contributed by atoms with Crippen molar-refractivity contribution in [2.75, 3.05) is 18.4 Å². The summed E-state index contributed by atoms with van der Waals surface area (Å²) in [4.78, 5) is 16.5. The summed E-state index contributed by atoms with van der Waals surface area (Å²) in [6, 6.07) is 7.68. The smallest absolute Gasteiger partial charge is 0.246 e. The normalized spacial score (nSPS) is 14.8. The predicted molar refractivity (Wildman–Crippen MR) is 114 cm³/mol. The van der Waals surface area contributed by atoms with Gasteiger partial charge in [0, 0.05) is 23.8 Å². The van der Waals surface area contributed by atoms with Crippen molar-refractivity contribution in [3.8, 4) is 12.3 Å². The Labute approximate surface area is 167 Å². The Morgan fingerprint density at radius 1 is 1.32 bits per heavy atom. The predicted octanol–water partition coefficient (Wildman–Crippen LogP) is 3.11. The van der Waals surface area contributed by atoms with E-state index in [9.17, 15) is 4.79 Å². The van der Waals surface area contributed by atoms with Crippen molar-refractivity contribution < 1.29 is 4.79 Å². The zero-order chi connectivity index (χ0) is 17.2. The lowest BCUT2D eigenvalue weighted by atomic mass is 9.96. The quantitative estimate of drug-likeness (QED) is 0.277. The van der Waals surface area contributed by atoms with E-state index in [2.05, 4.69) is 26.9 Å². The monoisotopic (exact) mass is 454 g/mol. The Hall–Kier alpha value is -1.75. The first-order valence-corrected chi connectivity index (χ1v) is 8.62. The van der Waals surface area contributed by atoms with Crippen molar-refractivity contribution in [3.63, 3.8) is 0 Å². The molecule has 1 aliphatic rings. The molecule has 1 aromatic rings. The lowest BCUT2D eigenvalue weighted by Gasteiger charge is -2.24. The molecule has 3 N–H and O–H groups in total.